The van der Waals surface area contributed by atoms with Crippen LogP contribution in [0.4, 0.5) is 17.1 Å². The number of para-hydroxylation sites is 2. The maximum atomic E-state index is 13.4. The van der Waals surface area contributed by atoms with Crippen LogP contribution >= 0.6 is 0 Å². The molecular formula is C43H47N4O14S2-. The van der Waals surface area contributed by atoms with Gasteiger partial charge in [-0.3, -0.25) is 4.21 Å². The normalized spacial score (nSPS) is 15.7. The molecule has 336 valence electrons. The van der Waals surface area contributed by atoms with Gasteiger partial charge in [-0.05, 0) is 95.0 Å². The topological polar surface area (TPSA) is 242 Å². The zero-order chi connectivity index (χ0) is 45.3. The summed E-state index contributed by atoms with van der Waals surface area (Å²) in [6.07, 6.45) is -0.628. The number of benzene rings is 4. The summed E-state index contributed by atoms with van der Waals surface area (Å²) >= 11 is -2.79. The number of hydrogen-bond donors (Lipinski definition) is 2. The van der Waals surface area contributed by atoms with Crippen LogP contribution in [0.15, 0.2) is 89.8 Å². The monoisotopic (exact) mass is 907 g/mol. The Bertz CT molecular complexity index is 2430. The van der Waals surface area contributed by atoms with E-state index in [1.807, 2.05) is 9.80 Å². The fourth-order valence-electron chi connectivity index (χ4n) is 6.82. The van der Waals surface area contributed by atoms with Gasteiger partial charge >= 0.3 is 23.9 Å². The van der Waals surface area contributed by atoms with E-state index >= 15 is 0 Å². The molecule has 2 heterocycles. The standard InChI is InChI=1S/C43H48N4O14S2/c1-27(57-41(49)29(3)59-42(50)30-22-34(45-62(52)53)38(60-32-14-6-4-7-15-32)35(23-30)46-18-10-11-19-46)26-56-40(48)28(2)58-43(51)31-24-36(47-20-12-13-21-47)39(37(25-31)63(44,54)55)61-33-16-8-5-9-17-33/h4-9,14-17,22-25,27-29,45H,10-13,18-21,26H2,1-3H3,(H,52,53)(H2,44,54,55)/p-1. The SMILES string of the molecule is CC(COC(=O)C(C)OC(=O)c1cc(N2CCCC2)c(Oc2ccccc2)c(S(N)(=O)=O)c1)OC(=O)C(C)OC(=O)c1cc(NS(=O)[O-])c(Oc2ccccc2)c(N2CCCC2)c1. The number of carbonyl (C=O) groups is 4. The van der Waals surface area contributed by atoms with Crippen LogP contribution in [0, 0.1) is 0 Å². The highest BCUT2D eigenvalue weighted by Gasteiger charge is 2.31. The second-order valence-corrected chi connectivity index (χ2v) is 17.0. The van der Waals surface area contributed by atoms with E-state index in [1.54, 1.807) is 60.7 Å². The number of nitrogens with two attached hydrogens (primary N) is 1. The molecule has 20 heteroatoms. The maximum absolute atomic E-state index is 13.4. The first-order valence-corrected chi connectivity index (χ1v) is 22.7. The van der Waals surface area contributed by atoms with Gasteiger partial charge in [-0.1, -0.05) is 36.4 Å². The number of anilines is 3. The van der Waals surface area contributed by atoms with Gasteiger partial charge in [0, 0.05) is 37.4 Å². The highest BCUT2D eigenvalue weighted by molar-refractivity contribution is 7.89. The van der Waals surface area contributed by atoms with Crippen molar-refractivity contribution in [3.8, 4) is 23.0 Å². The highest BCUT2D eigenvalue weighted by Crippen LogP contribution is 2.43. The number of hydrogen-bond acceptors (Lipinski definition) is 16. The van der Waals surface area contributed by atoms with Crippen LogP contribution in [0.3, 0.4) is 0 Å². The molecule has 0 saturated carbocycles. The Morgan fingerprint density at radius 2 is 1.16 bits per heavy atom. The van der Waals surface area contributed by atoms with Gasteiger partial charge < -0.3 is 47.5 Å². The van der Waals surface area contributed by atoms with Gasteiger partial charge in [-0.15, -0.1) is 0 Å². The fourth-order valence-corrected chi connectivity index (χ4v) is 7.85. The summed E-state index contributed by atoms with van der Waals surface area (Å²) in [4.78, 5) is 56.1. The van der Waals surface area contributed by atoms with E-state index in [2.05, 4.69) is 4.72 Å². The molecule has 18 nitrogen and oxygen atoms in total. The molecule has 0 radical (unpaired) electrons. The summed E-state index contributed by atoms with van der Waals surface area (Å²) < 4.78 is 85.1. The van der Waals surface area contributed by atoms with Crippen LogP contribution in [0.25, 0.3) is 0 Å². The quantitative estimate of drug-likeness (QED) is 0.0702. The molecule has 0 amide bonds. The Morgan fingerprint density at radius 3 is 1.65 bits per heavy atom. The van der Waals surface area contributed by atoms with Crippen molar-refractivity contribution in [2.45, 2.75) is 69.7 Å². The average Bonchev–Trinajstić information content (AvgIpc) is 4.00. The van der Waals surface area contributed by atoms with Crippen LogP contribution in [0.1, 0.15) is 67.2 Å². The summed E-state index contributed by atoms with van der Waals surface area (Å²) in [5.74, 6) is -3.08. The lowest BCUT2D eigenvalue weighted by Gasteiger charge is -2.25. The van der Waals surface area contributed by atoms with Crippen LogP contribution in [-0.2, 0) is 49.8 Å². The largest absolute Gasteiger partial charge is 0.755 e. The molecular weight excluding hydrogens is 861 g/mol. The molecule has 4 unspecified atom stereocenters. The lowest BCUT2D eigenvalue weighted by molar-refractivity contribution is -0.167. The van der Waals surface area contributed by atoms with Gasteiger partial charge in [0.1, 0.15) is 29.1 Å². The summed E-state index contributed by atoms with van der Waals surface area (Å²) in [7, 11) is -4.43. The summed E-state index contributed by atoms with van der Waals surface area (Å²) in [6, 6.07) is 22.4. The van der Waals surface area contributed by atoms with Crippen LogP contribution in [-0.4, -0.2) is 92.2 Å². The zero-order valence-electron chi connectivity index (χ0n) is 34.7. The summed E-state index contributed by atoms with van der Waals surface area (Å²) in [5.41, 5.74) is 0.442. The molecule has 63 heavy (non-hydrogen) atoms. The molecule has 0 spiro atoms. The van der Waals surface area contributed by atoms with Crippen LogP contribution in [0.5, 0.6) is 23.0 Å². The predicted octanol–water partition coefficient (Wildman–Crippen LogP) is 5.59. The molecule has 4 atom stereocenters. The number of nitrogens with zero attached hydrogens (tertiary/aromatic N) is 2. The Hall–Kier alpha value is -6.22. The minimum absolute atomic E-state index is 0.0273. The van der Waals surface area contributed by atoms with E-state index in [1.165, 1.54) is 39.0 Å². The number of esters is 4. The molecule has 2 aliphatic heterocycles. The number of nitrogens with one attached hydrogen (secondary N) is 1. The third-order valence-corrected chi connectivity index (χ3v) is 11.2. The van der Waals surface area contributed by atoms with Crippen molar-refractivity contribution < 1.29 is 64.8 Å². The minimum atomic E-state index is -4.43. The van der Waals surface area contributed by atoms with E-state index in [0.29, 0.717) is 49.1 Å². The van der Waals surface area contributed by atoms with E-state index in [-0.39, 0.29) is 28.3 Å². The lowest BCUT2D eigenvalue weighted by Crippen LogP contribution is -2.33. The van der Waals surface area contributed by atoms with Crippen molar-refractivity contribution in [2.75, 3.05) is 47.3 Å². The Morgan fingerprint density at radius 1 is 0.698 bits per heavy atom. The van der Waals surface area contributed by atoms with Gasteiger partial charge in [0.25, 0.3) is 0 Å². The molecule has 2 saturated heterocycles. The van der Waals surface area contributed by atoms with Crippen molar-refractivity contribution >= 4 is 62.2 Å². The third-order valence-electron chi connectivity index (χ3n) is 9.90. The minimum Gasteiger partial charge on any atom is -0.755 e. The maximum Gasteiger partial charge on any atom is 0.347 e. The molecule has 0 aromatic heterocycles. The van der Waals surface area contributed by atoms with E-state index in [4.69, 9.17) is 33.6 Å². The molecule has 6 rings (SSSR count). The van der Waals surface area contributed by atoms with Crippen molar-refractivity contribution in [3.63, 3.8) is 0 Å². The zero-order valence-corrected chi connectivity index (χ0v) is 36.3. The second-order valence-electron chi connectivity index (χ2n) is 14.8. The van der Waals surface area contributed by atoms with Crippen molar-refractivity contribution in [1.82, 2.24) is 0 Å². The summed E-state index contributed by atoms with van der Waals surface area (Å²) in [5, 5.41) is 5.60. The second kappa shape index (κ2) is 20.8. The first-order chi connectivity index (χ1) is 30.1. The van der Waals surface area contributed by atoms with E-state index < -0.39 is 75.0 Å². The Labute approximate surface area is 367 Å². The Balaban J connectivity index is 1.07. The van der Waals surface area contributed by atoms with E-state index in [9.17, 15) is 36.4 Å². The average molecular weight is 908 g/mol. The molecule has 0 aliphatic carbocycles. The van der Waals surface area contributed by atoms with Crippen LogP contribution in [0.2, 0.25) is 0 Å². The molecule has 2 fully saturated rings. The van der Waals surface area contributed by atoms with E-state index in [0.717, 1.165) is 31.7 Å². The van der Waals surface area contributed by atoms with Gasteiger partial charge in [0.05, 0.1) is 28.2 Å². The number of sulfonamides is 1. The number of rotatable bonds is 18. The molecule has 2 aliphatic rings. The summed E-state index contributed by atoms with van der Waals surface area (Å²) in [6.45, 7) is 5.83. The smallest absolute Gasteiger partial charge is 0.347 e. The molecule has 4 aromatic carbocycles. The fraction of sp³-hybridized carbons (Fsp3) is 0.349. The van der Waals surface area contributed by atoms with Gasteiger partial charge in [-0.2, -0.15) is 0 Å². The van der Waals surface area contributed by atoms with Crippen molar-refractivity contribution in [2.24, 2.45) is 5.14 Å². The number of ether oxygens (including phenoxy) is 6. The molecule has 0 bridgehead atoms. The lowest BCUT2D eigenvalue weighted by atomic mass is 10.1. The molecule has 3 N–H and O–H groups in total. The highest BCUT2D eigenvalue weighted by atomic mass is 32.2. The number of carbonyl (C=O) groups excluding carboxylic acids is 4. The number of primary sulfonamides is 1. The van der Waals surface area contributed by atoms with Gasteiger partial charge in [-0.25, -0.2) is 32.7 Å². The van der Waals surface area contributed by atoms with Gasteiger partial charge in [0.15, 0.2) is 23.7 Å². The van der Waals surface area contributed by atoms with Gasteiger partial charge in [0.2, 0.25) is 10.0 Å². The predicted molar refractivity (Wildman–Crippen MR) is 229 cm³/mol. The first kappa shape index (κ1) is 46.3. The molecule has 4 aromatic rings. The third kappa shape index (κ3) is 12.2. The van der Waals surface area contributed by atoms with Crippen LogP contribution < -0.4 is 29.1 Å². The van der Waals surface area contributed by atoms with Crippen molar-refractivity contribution in [1.29, 1.82) is 0 Å². The Kier molecular flexibility index (Phi) is 15.3. The first-order valence-electron chi connectivity index (χ1n) is 20.1. The van der Waals surface area contributed by atoms with Crippen molar-refractivity contribution in [3.05, 3.63) is 96.1 Å².